The maximum absolute atomic E-state index is 12.3. The average molecular weight is 308 g/mol. The molecule has 0 radical (unpaired) electrons. The van der Waals surface area contributed by atoms with Crippen molar-refractivity contribution in [2.24, 2.45) is 5.92 Å². The normalized spacial score (nSPS) is 12.8. The topological polar surface area (TPSA) is 79.3 Å². The fourth-order valence-electron chi connectivity index (χ4n) is 1.18. The Hall–Kier alpha value is -1.77. The molecule has 9 heteroatoms. The van der Waals surface area contributed by atoms with Crippen LogP contribution in [0.2, 0.25) is 0 Å². The number of alkyl halides is 3. The largest absolute Gasteiger partial charge is 0.481 e. The second kappa shape index (κ2) is 6.60. The number of aromatic nitrogens is 1. The SMILES string of the molecule is CC(CNC(=O)c1cccnc1SC(F)(F)F)C(=O)O. The zero-order chi connectivity index (χ0) is 15.3. The number of thioether (sulfide) groups is 1. The molecule has 1 amide bonds. The smallest absolute Gasteiger partial charge is 0.447 e. The summed E-state index contributed by atoms with van der Waals surface area (Å²) in [6.45, 7) is 1.19. The van der Waals surface area contributed by atoms with Gasteiger partial charge in [0.25, 0.3) is 5.91 Å². The number of carbonyl (C=O) groups is 2. The summed E-state index contributed by atoms with van der Waals surface area (Å²) in [6, 6.07) is 2.53. The molecule has 0 bridgehead atoms. The third-order valence-corrected chi connectivity index (χ3v) is 2.97. The molecule has 110 valence electrons. The second-order valence-electron chi connectivity index (χ2n) is 3.85. The van der Waals surface area contributed by atoms with Crippen molar-refractivity contribution in [1.82, 2.24) is 10.3 Å². The van der Waals surface area contributed by atoms with Crippen molar-refractivity contribution in [3.05, 3.63) is 23.9 Å². The van der Waals surface area contributed by atoms with Crippen LogP contribution in [0.1, 0.15) is 17.3 Å². The lowest BCUT2D eigenvalue weighted by Gasteiger charge is -2.11. The fourth-order valence-corrected chi connectivity index (χ4v) is 1.79. The van der Waals surface area contributed by atoms with Gasteiger partial charge in [-0.05, 0) is 12.1 Å². The third kappa shape index (κ3) is 5.08. The van der Waals surface area contributed by atoms with Gasteiger partial charge in [0.1, 0.15) is 5.03 Å². The number of aliphatic carboxylic acids is 1. The molecule has 20 heavy (non-hydrogen) atoms. The van der Waals surface area contributed by atoms with E-state index in [0.717, 1.165) is 6.20 Å². The summed E-state index contributed by atoms with van der Waals surface area (Å²) in [5.41, 5.74) is -4.80. The average Bonchev–Trinajstić information content (AvgIpc) is 2.34. The van der Waals surface area contributed by atoms with Gasteiger partial charge in [0.2, 0.25) is 0 Å². The van der Waals surface area contributed by atoms with Crippen LogP contribution < -0.4 is 5.32 Å². The molecule has 1 aromatic rings. The summed E-state index contributed by atoms with van der Waals surface area (Å²) in [7, 11) is 0. The van der Waals surface area contributed by atoms with Crippen LogP contribution in [0.3, 0.4) is 0 Å². The highest BCUT2D eigenvalue weighted by Crippen LogP contribution is 2.37. The van der Waals surface area contributed by atoms with Crippen LogP contribution in [0.5, 0.6) is 0 Å². The van der Waals surface area contributed by atoms with Crippen LogP contribution in [0.4, 0.5) is 13.2 Å². The van der Waals surface area contributed by atoms with Gasteiger partial charge in [-0.2, -0.15) is 13.2 Å². The van der Waals surface area contributed by atoms with Crippen molar-refractivity contribution in [3.63, 3.8) is 0 Å². The first-order valence-corrected chi connectivity index (χ1v) is 6.24. The van der Waals surface area contributed by atoms with E-state index in [0.29, 0.717) is 0 Å². The molecule has 1 rings (SSSR count). The molecule has 1 unspecified atom stereocenters. The molecule has 0 aromatic carbocycles. The van der Waals surface area contributed by atoms with Gasteiger partial charge in [-0.25, -0.2) is 4.98 Å². The van der Waals surface area contributed by atoms with E-state index in [2.05, 4.69) is 10.3 Å². The predicted octanol–water partition coefficient (Wildman–Crippen LogP) is 2.14. The van der Waals surface area contributed by atoms with Crippen molar-refractivity contribution in [1.29, 1.82) is 0 Å². The van der Waals surface area contributed by atoms with Gasteiger partial charge in [0, 0.05) is 24.5 Å². The highest BCUT2D eigenvalue weighted by molar-refractivity contribution is 8.00. The Labute approximate surface area is 116 Å². The molecule has 5 nitrogen and oxygen atoms in total. The lowest BCUT2D eigenvalue weighted by atomic mass is 10.2. The van der Waals surface area contributed by atoms with Gasteiger partial charge in [0.15, 0.2) is 0 Å². The van der Waals surface area contributed by atoms with E-state index >= 15 is 0 Å². The molecule has 0 aliphatic rings. The number of hydrogen-bond acceptors (Lipinski definition) is 4. The standard InChI is InChI=1S/C11H11F3N2O3S/c1-6(10(18)19)5-16-8(17)7-3-2-4-15-9(7)20-11(12,13)14/h2-4,6H,5H2,1H3,(H,16,17)(H,18,19). The number of nitrogens with zero attached hydrogens (tertiary/aromatic N) is 1. The van der Waals surface area contributed by atoms with E-state index in [1.807, 2.05) is 0 Å². The van der Waals surface area contributed by atoms with Crippen molar-refractivity contribution < 1.29 is 27.9 Å². The number of carbonyl (C=O) groups excluding carboxylic acids is 1. The highest BCUT2D eigenvalue weighted by Gasteiger charge is 2.32. The molecule has 0 aliphatic carbocycles. The lowest BCUT2D eigenvalue weighted by molar-refractivity contribution is -0.140. The number of rotatable bonds is 5. The monoisotopic (exact) mass is 308 g/mol. The molecule has 1 heterocycles. The summed E-state index contributed by atoms with van der Waals surface area (Å²) in [5.74, 6) is -2.74. The summed E-state index contributed by atoms with van der Waals surface area (Å²) in [5, 5.41) is 10.5. The number of amides is 1. The zero-order valence-electron chi connectivity index (χ0n) is 10.3. The molecule has 0 aliphatic heterocycles. The molecule has 2 N–H and O–H groups in total. The van der Waals surface area contributed by atoms with Gasteiger partial charge in [-0.1, -0.05) is 6.92 Å². The Morgan fingerprint density at radius 1 is 1.50 bits per heavy atom. The molecule has 1 atom stereocenters. The Bertz CT molecular complexity index is 508. The third-order valence-electron chi connectivity index (χ3n) is 2.22. The van der Waals surface area contributed by atoms with Crippen LogP contribution in [-0.2, 0) is 4.79 Å². The van der Waals surface area contributed by atoms with Crippen LogP contribution in [0, 0.1) is 5.92 Å². The van der Waals surface area contributed by atoms with E-state index in [4.69, 9.17) is 5.11 Å². The minimum atomic E-state index is -4.56. The fraction of sp³-hybridized carbons (Fsp3) is 0.364. The number of carboxylic acids is 1. The summed E-state index contributed by atoms with van der Waals surface area (Å²) in [6.07, 6.45) is 1.14. The summed E-state index contributed by atoms with van der Waals surface area (Å²) in [4.78, 5) is 25.9. The van der Waals surface area contributed by atoms with Crippen LogP contribution >= 0.6 is 11.8 Å². The zero-order valence-corrected chi connectivity index (χ0v) is 11.1. The van der Waals surface area contributed by atoms with Crippen LogP contribution in [-0.4, -0.2) is 34.0 Å². The van der Waals surface area contributed by atoms with Gasteiger partial charge in [-0.15, -0.1) is 0 Å². The maximum atomic E-state index is 12.3. The molecule has 0 saturated carbocycles. The van der Waals surface area contributed by atoms with Crippen molar-refractivity contribution in [3.8, 4) is 0 Å². The number of carboxylic acid groups (broad SMARTS) is 1. The number of pyridine rings is 1. The van der Waals surface area contributed by atoms with Crippen LogP contribution in [0.25, 0.3) is 0 Å². The van der Waals surface area contributed by atoms with E-state index in [1.165, 1.54) is 19.1 Å². The van der Waals surface area contributed by atoms with E-state index in [1.54, 1.807) is 0 Å². The van der Waals surface area contributed by atoms with E-state index < -0.39 is 40.1 Å². The Morgan fingerprint density at radius 3 is 2.70 bits per heavy atom. The van der Waals surface area contributed by atoms with E-state index in [-0.39, 0.29) is 12.1 Å². The molecular formula is C11H11F3N2O3S. The minimum Gasteiger partial charge on any atom is -0.481 e. The van der Waals surface area contributed by atoms with Gasteiger partial charge < -0.3 is 10.4 Å². The van der Waals surface area contributed by atoms with Crippen molar-refractivity contribution in [2.45, 2.75) is 17.5 Å². The first-order chi connectivity index (χ1) is 9.20. The Kier molecular flexibility index (Phi) is 5.37. The first kappa shape index (κ1) is 16.3. The predicted molar refractivity (Wildman–Crippen MR) is 65.3 cm³/mol. The highest BCUT2D eigenvalue weighted by atomic mass is 32.2. The second-order valence-corrected chi connectivity index (χ2v) is 4.91. The van der Waals surface area contributed by atoms with Crippen LogP contribution in [0.15, 0.2) is 23.4 Å². The van der Waals surface area contributed by atoms with Gasteiger partial charge in [0.05, 0.1) is 11.5 Å². The molecule has 1 aromatic heterocycles. The molecule has 0 spiro atoms. The van der Waals surface area contributed by atoms with Crippen molar-refractivity contribution >= 4 is 23.6 Å². The van der Waals surface area contributed by atoms with Gasteiger partial charge in [-0.3, -0.25) is 9.59 Å². The molecular weight excluding hydrogens is 297 g/mol. The molecule has 0 fully saturated rings. The van der Waals surface area contributed by atoms with Crippen molar-refractivity contribution in [2.75, 3.05) is 6.54 Å². The van der Waals surface area contributed by atoms with E-state index in [9.17, 15) is 22.8 Å². The maximum Gasteiger partial charge on any atom is 0.447 e. The quantitative estimate of drug-likeness (QED) is 0.815. The first-order valence-electron chi connectivity index (χ1n) is 5.42. The number of halogens is 3. The number of hydrogen-bond donors (Lipinski definition) is 2. The Morgan fingerprint density at radius 2 is 2.15 bits per heavy atom. The summed E-state index contributed by atoms with van der Waals surface area (Å²) >= 11 is -0.492. The Balaban J connectivity index is 2.80. The lowest BCUT2D eigenvalue weighted by Crippen LogP contribution is -2.32. The number of nitrogens with one attached hydrogen (secondary N) is 1. The minimum absolute atomic E-state index is 0.181. The summed E-state index contributed by atoms with van der Waals surface area (Å²) < 4.78 is 37.0. The molecule has 0 saturated heterocycles. The van der Waals surface area contributed by atoms with Gasteiger partial charge >= 0.3 is 11.5 Å².